The number of imidazole rings is 1. The molecule has 0 N–H and O–H groups in total. The average Bonchev–Trinajstić information content (AvgIpc) is 3.41. The largest absolute Gasteiger partial charge is 0.337 e. The van der Waals surface area contributed by atoms with Gasteiger partial charge in [-0.15, -0.1) is 0 Å². The molecule has 0 unspecified atom stereocenters. The van der Waals surface area contributed by atoms with Crippen molar-refractivity contribution in [1.82, 2.24) is 9.55 Å². The Morgan fingerprint density at radius 3 is 1.71 bits per heavy atom. The van der Waals surface area contributed by atoms with Crippen molar-refractivity contribution < 1.29 is 0 Å². The standard InChI is InChI=1S/C16H19B.C15H28N2/c17-13-7-12-16(14-8-3-1-4-9-14)15-10-5-2-6-11-15;1-2-3-4-5-6-7-8-9-10-11-13-17-14-12-16-15-17/h1-6,8-11,16H,7,12-13,17H2;12,14-15H,2-11,13H2,1H3. The van der Waals surface area contributed by atoms with Gasteiger partial charge in [-0.1, -0.05) is 138 Å². The summed E-state index contributed by atoms with van der Waals surface area (Å²) in [5, 5.41) is 0. The fraction of sp³-hybridized carbons (Fsp3) is 0.516. The predicted octanol–water partition coefficient (Wildman–Crippen LogP) is 8.45. The number of aryl methyl sites for hydroxylation is 1. The van der Waals surface area contributed by atoms with Gasteiger partial charge in [0, 0.05) is 24.9 Å². The van der Waals surface area contributed by atoms with Crippen LogP contribution in [0.4, 0.5) is 0 Å². The summed E-state index contributed by atoms with van der Waals surface area (Å²) >= 11 is 0. The van der Waals surface area contributed by atoms with Crippen LogP contribution in [0.2, 0.25) is 6.32 Å². The quantitative estimate of drug-likeness (QED) is 0.155. The number of unbranched alkanes of at least 4 members (excludes halogenated alkanes) is 9. The van der Waals surface area contributed by atoms with E-state index in [-0.39, 0.29) is 0 Å². The van der Waals surface area contributed by atoms with Crippen molar-refractivity contribution in [3.05, 3.63) is 90.5 Å². The molecule has 0 amide bonds. The Balaban J connectivity index is 0.000000240. The first kappa shape index (κ1) is 28.0. The van der Waals surface area contributed by atoms with Crippen LogP contribution in [-0.4, -0.2) is 17.4 Å². The summed E-state index contributed by atoms with van der Waals surface area (Å²) in [4.78, 5) is 4.05. The van der Waals surface area contributed by atoms with Crippen LogP contribution < -0.4 is 0 Å². The fourth-order valence-corrected chi connectivity index (χ4v) is 4.51. The Morgan fingerprint density at radius 1 is 0.706 bits per heavy atom. The number of hydrogen-bond donors (Lipinski definition) is 0. The highest BCUT2D eigenvalue weighted by Gasteiger charge is 2.12. The highest BCUT2D eigenvalue weighted by Crippen LogP contribution is 2.29. The lowest BCUT2D eigenvalue weighted by molar-refractivity contribution is 0.534. The maximum Gasteiger partial charge on any atom is 0.101 e. The van der Waals surface area contributed by atoms with Crippen LogP contribution in [0.25, 0.3) is 0 Å². The highest BCUT2D eigenvalue weighted by atomic mass is 15.0. The maximum atomic E-state index is 4.05. The zero-order chi connectivity index (χ0) is 24.1. The van der Waals surface area contributed by atoms with Crippen molar-refractivity contribution in [2.45, 2.75) is 103 Å². The van der Waals surface area contributed by atoms with Crippen LogP contribution in [-0.2, 0) is 6.54 Å². The van der Waals surface area contributed by atoms with E-state index in [1.807, 2.05) is 18.7 Å². The molecule has 3 aromatic rings. The van der Waals surface area contributed by atoms with Gasteiger partial charge in [-0.25, -0.2) is 4.98 Å². The predicted molar refractivity (Wildman–Crippen MR) is 151 cm³/mol. The molecule has 1 heterocycles. The molecule has 0 saturated carbocycles. The summed E-state index contributed by atoms with van der Waals surface area (Å²) in [7, 11) is 2.26. The van der Waals surface area contributed by atoms with E-state index in [0.717, 1.165) is 6.54 Å². The Labute approximate surface area is 210 Å². The van der Waals surface area contributed by atoms with Crippen LogP contribution in [0.5, 0.6) is 0 Å². The third-order valence-electron chi connectivity index (χ3n) is 6.58. The van der Waals surface area contributed by atoms with Gasteiger partial charge < -0.3 is 4.57 Å². The zero-order valence-electron chi connectivity index (χ0n) is 21.9. The van der Waals surface area contributed by atoms with Gasteiger partial charge in [0.2, 0.25) is 0 Å². The third kappa shape index (κ3) is 12.3. The zero-order valence-corrected chi connectivity index (χ0v) is 21.9. The molecule has 0 fully saturated rings. The second kappa shape index (κ2) is 19.1. The molecule has 0 bridgehead atoms. The van der Waals surface area contributed by atoms with Gasteiger partial charge in [-0.05, 0) is 24.0 Å². The van der Waals surface area contributed by atoms with Crippen molar-refractivity contribution in [1.29, 1.82) is 0 Å². The Bertz CT molecular complexity index is 762. The SMILES string of the molecule is BCCCC(c1ccccc1)c1ccccc1.CCCCCCCCCCCCn1ccnc1. The molecule has 184 valence electrons. The van der Waals surface area contributed by atoms with Crippen LogP contribution in [0.3, 0.4) is 0 Å². The maximum absolute atomic E-state index is 4.05. The van der Waals surface area contributed by atoms with Gasteiger partial charge in [-0.3, -0.25) is 0 Å². The summed E-state index contributed by atoms with van der Waals surface area (Å²) in [5.41, 5.74) is 2.87. The van der Waals surface area contributed by atoms with E-state index in [0.29, 0.717) is 5.92 Å². The minimum Gasteiger partial charge on any atom is -0.337 e. The first-order valence-electron chi connectivity index (χ1n) is 13.9. The van der Waals surface area contributed by atoms with E-state index >= 15 is 0 Å². The Kier molecular flexibility index (Phi) is 15.7. The lowest BCUT2D eigenvalue weighted by atomic mass is 9.85. The van der Waals surface area contributed by atoms with Crippen molar-refractivity contribution in [2.24, 2.45) is 0 Å². The van der Waals surface area contributed by atoms with Crippen molar-refractivity contribution in [2.75, 3.05) is 0 Å². The minimum atomic E-state index is 0.553. The molecule has 3 heteroatoms. The van der Waals surface area contributed by atoms with Crippen LogP contribution >= 0.6 is 0 Å². The summed E-state index contributed by atoms with van der Waals surface area (Å²) < 4.78 is 2.17. The molecule has 34 heavy (non-hydrogen) atoms. The molecule has 1 aromatic heterocycles. The van der Waals surface area contributed by atoms with Crippen molar-refractivity contribution >= 4 is 7.85 Å². The lowest BCUT2D eigenvalue weighted by Gasteiger charge is -2.17. The Morgan fingerprint density at radius 2 is 1.24 bits per heavy atom. The van der Waals surface area contributed by atoms with Gasteiger partial charge >= 0.3 is 0 Å². The van der Waals surface area contributed by atoms with E-state index in [2.05, 4.69) is 85.0 Å². The monoisotopic (exact) mass is 458 g/mol. The van der Waals surface area contributed by atoms with Gasteiger partial charge in [-0.2, -0.15) is 0 Å². The lowest BCUT2D eigenvalue weighted by Crippen LogP contribution is -2.00. The number of nitrogens with zero attached hydrogens (tertiary/aromatic N) is 2. The van der Waals surface area contributed by atoms with E-state index in [9.17, 15) is 0 Å². The van der Waals surface area contributed by atoms with Crippen LogP contribution in [0.1, 0.15) is 101 Å². The summed E-state index contributed by atoms with van der Waals surface area (Å²) in [6.45, 7) is 3.41. The van der Waals surface area contributed by atoms with Gasteiger partial charge in [0.25, 0.3) is 0 Å². The number of hydrogen-bond acceptors (Lipinski definition) is 1. The van der Waals surface area contributed by atoms with Gasteiger partial charge in [0.15, 0.2) is 0 Å². The van der Waals surface area contributed by atoms with Crippen molar-refractivity contribution in [3.8, 4) is 0 Å². The molecule has 3 rings (SSSR count). The van der Waals surface area contributed by atoms with E-state index in [1.54, 1.807) is 0 Å². The molecular formula is C31H47BN2. The molecule has 0 aliphatic heterocycles. The molecule has 2 nitrogen and oxygen atoms in total. The smallest absolute Gasteiger partial charge is 0.101 e. The molecule has 0 radical (unpaired) electrons. The molecule has 0 saturated heterocycles. The summed E-state index contributed by atoms with van der Waals surface area (Å²) in [6.07, 6.45) is 23.7. The first-order valence-corrected chi connectivity index (χ1v) is 13.9. The van der Waals surface area contributed by atoms with Crippen LogP contribution in [0, 0.1) is 0 Å². The Hall–Kier alpha value is -2.29. The minimum absolute atomic E-state index is 0.553. The van der Waals surface area contributed by atoms with Crippen molar-refractivity contribution in [3.63, 3.8) is 0 Å². The molecule has 0 aliphatic carbocycles. The highest BCUT2D eigenvalue weighted by molar-refractivity contribution is 6.08. The molecular weight excluding hydrogens is 411 g/mol. The average molecular weight is 459 g/mol. The number of rotatable bonds is 16. The van der Waals surface area contributed by atoms with Gasteiger partial charge in [0.1, 0.15) is 7.85 Å². The fourth-order valence-electron chi connectivity index (χ4n) is 4.51. The van der Waals surface area contributed by atoms with E-state index in [4.69, 9.17) is 0 Å². The summed E-state index contributed by atoms with van der Waals surface area (Å²) in [5.74, 6) is 0.553. The normalized spacial score (nSPS) is 10.8. The summed E-state index contributed by atoms with van der Waals surface area (Å²) in [6, 6.07) is 21.7. The van der Waals surface area contributed by atoms with Crippen LogP contribution in [0.15, 0.2) is 79.4 Å². The topological polar surface area (TPSA) is 17.8 Å². The van der Waals surface area contributed by atoms with E-state index < -0.39 is 0 Å². The molecule has 0 aliphatic rings. The number of benzene rings is 2. The third-order valence-corrected chi connectivity index (χ3v) is 6.58. The second-order valence-corrected chi connectivity index (χ2v) is 9.50. The van der Waals surface area contributed by atoms with E-state index in [1.165, 1.54) is 94.5 Å². The first-order chi connectivity index (χ1) is 16.8. The number of aromatic nitrogens is 2. The van der Waals surface area contributed by atoms with Gasteiger partial charge in [0.05, 0.1) is 6.33 Å². The second-order valence-electron chi connectivity index (χ2n) is 9.50. The molecule has 2 aromatic carbocycles. The molecule has 0 atom stereocenters. The molecule has 0 spiro atoms.